The molecule has 0 N–H and O–H groups in total. The van der Waals surface area contributed by atoms with Crippen molar-refractivity contribution in [2.45, 2.75) is 19.0 Å². The normalized spacial score (nSPS) is 13.7. The summed E-state index contributed by atoms with van der Waals surface area (Å²) in [6, 6.07) is 41.8. The van der Waals surface area contributed by atoms with Gasteiger partial charge < -0.3 is 0 Å². The summed E-state index contributed by atoms with van der Waals surface area (Å²) in [5.41, 5.74) is 0.699. The van der Waals surface area contributed by atoms with Crippen molar-refractivity contribution in [2.24, 2.45) is 0 Å². The third-order valence-corrected chi connectivity index (χ3v) is 16.4. The van der Waals surface area contributed by atoms with Crippen molar-refractivity contribution in [1.82, 2.24) is 0 Å². The Hall–Kier alpha value is -2.54. The van der Waals surface area contributed by atoms with Gasteiger partial charge in [0.25, 0.3) is 0 Å². The van der Waals surface area contributed by atoms with Crippen LogP contribution in [0.3, 0.4) is 0 Å². The number of rotatable bonds is 7. The molecule has 0 aromatic heterocycles. The molecule has 0 radical (unpaired) electrons. The van der Waals surface area contributed by atoms with Crippen molar-refractivity contribution in [3.8, 4) is 0 Å². The molecule has 4 aromatic rings. The predicted molar refractivity (Wildman–Crippen MR) is 139 cm³/mol. The first-order chi connectivity index (χ1) is 15.1. The summed E-state index contributed by atoms with van der Waals surface area (Å²) in [5, 5.41) is 0.0195. The maximum absolute atomic E-state index is 13.9. The number of hydrogen-bond acceptors (Lipinski definition) is 1. The van der Waals surface area contributed by atoms with Crippen LogP contribution in [0.2, 0.25) is 0 Å². The Balaban J connectivity index is 2.24. The van der Waals surface area contributed by atoms with E-state index in [0.29, 0.717) is 6.42 Å². The third kappa shape index (κ3) is 3.49. The van der Waals surface area contributed by atoms with Gasteiger partial charge in [-0.15, -0.1) is 0 Å². The molecule has 4 aromatic carbocycles. The van der Waals surface area contributed by atoms with Crippen molar-refractivity contribution in [1.29, 1.82) is 0 Å². The summed E-state index contributed by atoms with van der Waals surface area (Å²) < 4.78 is 0. The molecular weight excluding hydrogens is 463 g/mol. The van der Waals surface area contributed by atoms with E-state index in [1.807, 2.05) is 43.3 Å². The van der Waals surface area contributed by atoms with Gasteiger partial charge in [-0.25, -0.2) is 0 Å². The molecule has 31 heavy (non-hydrogen) atoms. The fourth-order valence-electron chi connectivity index (χ4n) is 4.62. The van der Waals surface area contributed by atoms with Crippen LogP contribution in [0.5, 0.6) is 0 Å². The van der Waals surface area contributed by atoms with Crippen LogP contribution < -0.4 is 15.9 Å². The van der Waals surface area contributed by atoms with Crippen molar-refractivity contribution < 1.29 is 4.79 Å². The molecule has 156 valence electrons. The van der Waals surface area contributed by atoms with Gasteiger partial charge in [0, 0.05) is 0 Å². The zero-order valence-corrected chi connectivity index (χ0v) is 20.0. The van der Waals surface area contributed by atoms with Gasteiger partial charge >= 0.3 is 193 Å². The molecule has 0 saturated heterocycles. The standard InChI is InChI=1S/C28H26BrOP/c1-2-27(30)28(23-15-7-3-8-16-23)31(29,24-17-9-4-10-18-24,25-19-11-5-12-20-25)26-21-13-6-14-22-26/h3-22,28H,2H2,1H3. The van der Waals surface area contributed by atoms with Gasteiger partial charge in [0.05, 0.1) is 0 Å². The van der Waals surface area contributed by atoms with Crippen molar-refractivity contribution >= 4 is 42.5 Å². The van der Waals surface area contributed by atoms with Crippen LogP contribution >= 0.6 is 20.8 Å². The molecule has 0 fully saturated rings. The van der Waals surface area contributed by atoms with Gasteiger partial charge in [-0.3, -0.25) is 0 Å². The third-order valence-electron chi connectivity index (χ3n) is 6.04. The molecule has 3 heteroatoms. The van der Waals surface area contributed by atoms with E-state index in [4.69, 9.17) is 0 Å². The number of carbonyl (C=O) groups is 1. The summed E-state index contributed by atoms with van der Waals surface area (Å²) in [7, 11) is 0. The monoisotopic (exact) mass is 488 g/mol. The summed E-state index contributed by atoms with van der Waals surface area (Å²) >= 11 is 4.47. The average Bonchev–Trinajstić information content (AvgIpc) is 2.86. The zero-order valence-electron chi connectivity index (χ0n) is 17.6. The molecule has 4 rings (SSSR count). The van der Waals surface area contributed by atoms with E-state index in [9.17, 15) is 4.79 Å². The van der Waals surface area contributed by atoms with Gasteiger partial charge in [-0.2, -0.15) is 0 Å². The molecule has 1 nitrogen and oxygen atoms in total. The van der Waals surface area contributed by atoms with Gasteiger partial charge in [-0.05, 0) is 0 Å². The minimum atomic E-state index is -3.44. The SMILES string of the molecule is CCC(=O)C(c1ccccc1)P(Br)(c1ccccc1)(c1ccccc1)c1ccccc1. The van der Waals surface area contributed by atoms with Crippen LogP contribution in [-0.4, -0.2) is 5.78 Å². The van der Waals surface area contributed by atoms with E-state index in [1.165, 1.54) is 0 Å². The van der Waals surface area contributed by atoms with Crippen LogP contribution in [-0.2, 0) is 4.79 Å². The van der Waals surface area contributed by atoms with Crippen molar-refractivity contribution in [2.75, 3.05) is 0 Å². The van der Waals surface area contributed by atoms with E-state index < -0.39 is 5.31 Å². The van der Waals surface area contributed by atoms with Crippen molar-refractivity contribution in [3.63, 3.8) is 0 Å². The summed E-state index contributed by atoms with van der Waals surface area (Å²) in [4.78, 5) is 13.9. The molecule has 0 aliphatic heterocycles. The fourth-order valence-corrected chi connectivity index (χ4v) is 13.6. The molecule has 0 spiro atoms. The summed E-state index contributed by atoms with van der Waals surface area (Å²) in [6.07, 6.45) is 0.468. The quantitative estimate of drug-likeness (QED) is 0.269. The Kier molecular flexibility index (Phi) is 6.23. The van der Waals surface area contributed by atoms with E-state index in [2.05, 4.69) is 100 Å². The predicted octanol–water partition coefficient (Wildman–Crippen LogP) is 6.55. The van der Waals surface area contributed by atoms with Crippen LogP contribution in [0.15, 0.2) is 121 Å². The Morgan fingerprint density at radius 3 is 1.29 bits per heavy atom. The topological polar surface area (TPSA) is 17.1 Å². The summed E-state index contributed by atoms with van der Waals surface area (Å²) in [6.45, 7) is 1.97. The second-order valence-electron chi connectivity index (χ2n) is 7.71. The molecule has 0 aliphatic rings. The second kappa shape index (κ2) is 8.91. The molecular formula is C28H26BrOP. The Morgan fingerprint density at radius 1 is 0.645 bits per heavy atom. The molecule has 1 atom stereocenters. The van der Waals surface area contributed by atoms with E-state index >= 15 is 0 Å². The molecule has 0 bridgehead atoms. The van der Waals surface area contributed by atoms with Crippen molar-refractivity contribution in [3.05, 3.63) is 127 Å². The van der Waals surface area contributed by atoms with Crippen LogP contribution in [0.1, 0.15) is 24.6 Å². The van der Waals surface area contributed by atoms with Crippen LogP contribution in [0, 0.1) is 0 Å². The van der Waals surface area contributed by atoms with Gasteiger partial charge in [0.2, 0.25) is 0 Å². The Bertz CT molecular complexity index is 1050. The van der Waals surface area contributed by atoms with Crippen LogP contribution in [0.4, 0.5) is 0 Å². The summed E-state index contributed by atoms with van der Waals surface area (Å²) in [5.74, 6) is 0.234. The van der Waals surface area contributed by atoms with E-state index in [0.717, 1.165) is 21.5 Å². The van der Waals surface area contributed by atoms with Gasteiger partial charge in [-0.1, -0.05) is 0 Å². The zero-order chi connectivity index (χ0) is 21.8. The number of halogens is 1. The van der Waals surface area contributed by atoms with Gasteiger partial charge in [0.1, 0.15) is 0 Å². The molecule has 0 amide bonds. The number of Topliss-reactive ketones (excluding diaryl/α,β-unsaturated/α-hetero) is 1. The first kappa shape index (κ1) is 21.7. The molecule has 0 heterocycles. The number of hydrogen-bond donors (Lipinski definition) is 0. The molecule has 1 unspecified atom stereocenters. The van der Waals surface area contributed by atoms with E-state index in [1.54, 1.807) is 0 Å². The van der Waals surface area contributed by atoms with Crippen LogP contribution in [0.25, 0.3) is 0 Å². The second-order valence-corrected chi connectivity index (χ2v) is 16.3. The maximum atomic E-state index is 13.9. The van der Waals surface area contributed by atoms with Gasteiger partial charge in [0.15, 0.2) is 0 Å². The van der Waals surface area contributed by atoms with E-state index in [-0.39, 0.29) is 11.4 Å². The first-order valence-corrected chi connectivity index (χ1v) is 14.9. The first-order valence-electron chi connectivity index (χ1n) is 10.6. The minimum absolute atomic E-state index is 0.234. The Labute approximate surface area is 192 Å². The fraction of sp³-hybridized carbons (Fsp3) is 0.107. The molecule has 0 saturated carbocycles. The number of ketones is 1. The number of carbonyl (C=O) groups excluding carboxylic acids is 1. The average molecular weight is 489 g/mol. The number of benzene rings is 4. The Morgan fingerprint density at radius 2 is 0.968 bits per heavy atom. The molecule has 0 aliphatic carbocycles.